The molecule has 22 heteroatoms. The molecule has 1 aliphatic heterocycles. The summed E-state index contributed by atoms with van der Waals surface area (Å²) in [5.41, 5.74) is 6.22. The number of thiazole rings is 1. The first-order chi connectivity index (χ1) is 40.0. The Morgan fingerprint density at radius 2 is 1.53 bits per heavy atom. The number of carbonyl (C=O) groups is 4. The van der Waals surface area contributed by atoms with Crippen LogP contribution >= 0.6 is 11.3 Å². The van der Waals surface area contributed by atoms with Gasteiger partial charge in [0.15, 0.2) is 11.6 Å². The minimum Gasteiger partial charge on any atom is -0.494 e. The van der Waals surface area contributed by atoms with Gasteiger partial charge >= 0.3 is 0 Å². The first-order valence-electron chi connectivity index (χ1n) is 28.6. The predicted octanol–water partition coefficient (Wildman–Crippen LogP) is 8.30. The molecule has 0 unspecified atom stereocenters. The van der Waals surface area contributed by atoms with E-state index in [9.17, 15) is 24.3 Å². The minimum atomic E-state index is -0.880. The van der Waals surface area contributed by atoms with Crippen molar-refractivity contribution in [3.05, 3.63) is 125 Å². The van der Waals surface area contributed by atoms with E-state index in [0.717, 1.165) is 60.2 Å². The SMILES string of the molecule is Cc1ncsc1-c1ccc(CNC(=O)[C@@H]2C[C@@H](O)CN2C(=O)[C@@H](NC(=O)CCCCCOCCOCCOCCCCCCOc2ccc(F)c([C@@H](C)NC(=O)c3cccc(NCc4nnc(-c5ccncn5)n4C)c3)c2)C(C)(C)C)cc1. The average molecular weight is 1160 g/mol. The van der Waals surface area contributed by atoms with Crippen LogP contribution in [0.4, 0.5) is 10.1 Å². The Hall–Kier alpha value is -7.24. The van der Waals surface area contributed by atoms with Crippen LogP contribution in [0.15, 0.2) is 90.8 Å². The van der Waals surface area contributed by atoms with Gasteiger partial charge in [-0.1, -0.05) is 63.9 Å². The minimum absolute atomic E-state index is 0.0142. The van der Waals surface area contributed by atoms with Crippen molar-refractivity contribution in [2.24, 2.45) is 12.5 Å². The lowest BCUT2D eigenvalue weighted by Gasteiger charge is -2.35. The number of nitrogens with zero attached hydrogens (tertiary/aromatic N) is 7. The Morgan fingerprint density at radius 3 is 2.22 bits per heavy atom. The number of aromatic nitrogens is 6. The third kappa shape index (κ3) is 19.4. The lowest BCUT2D eigenvalue weighted by atomic mass is 9.85. The zero-order valence-corrected chi connectivity index (χ0v) is 49.4. The molecule has 7 rings (SSSR count). The highest BCUT2D eigenvalue weighted by Crippen LogP contribution is 2.29. The molecule has 1 saturated heterocycles. The number of amides is 4. The molecule has 0 radical (unpaired) electrons. The topological polar surface area (TPSA) is 246 Å². The zero-order chi connectivity index (χ0) is 59.1. The van der Waals surface area contributed by atoms with Crippen molar-refractivity contribution < 1.29 is 47.6 Å². The van der Waals surface area contributed by atoms with Gasteiger partial charge in [0.1, 0.15) is 35.7 Å². The number of benzene rings is 3. The third-order valence-corrected chi connectivity index (χ3v) is 15.2. The molecule has 5 N–H and O–H groups in total. The van der Waals surface area contributed by atoms with Gasteiger partial charge in [-0.3, -0.25) is 19.2 Å². The molecule has 4 atom stereocenters. The van der Waals surface area contributed by atoms with Crippen LogP contribution in [0.25, 0.3) is 22.0 Å². The Morgan fingerprint density at radius 1 is 0.819 bits per heavy atom. The summed E-state index contributed by atoms with van der Waals surface area (Å²) in [4.78, 5) is 68.9. The summed E-state index contributed by atoms with van der Waals surface area (Å²) >= 11 is 1.58. The molecule has 83 heavy (non-hydrogen) atoms. The molecule has 0 spiro atoms. The fourth-order valence-electron chi connectivity index (χ4n) is 9.49. The lowest BCUT2D eigenvalue weighted by molar-refractivity contribution is -0.144. The number of nitrogens with one attached hydrogen (secondary N) is 4. The van der Waals surface area contributed by atoms with Crippen LogP contribution in [0.2, 0.25) is 0 Å². The number of halogens is 1. The number of β-amino-alcohol motifs (C(OH)–C–C–N with tert-alkyl or cyclic N) is 1. The highest BCUT2D eigenvalue weighted by molar-refractivity contribution is 7.13. The molecule has 446 valence electrons. The van der Waals surface area contributed by atoms with E-state index in [0.29, 0.717) is 99.1 Å². The molecule has 4 heterocycles. The molecular weight excluding hydrogens is 1080 g/mol. The van der Waals surface area contributed by atoms with Gasteiger partial charge in [0.2, 0.25) is 17.7 Å². The van der Waals surface area contributed by atoms with E-state index < -0.39 is 35.5 Å². The van der Waals surface area contributed by atoms with Crippen LogP contribution in [0.3, 0.4) is 0 Å². The highest BCUT2D eigenvalue weighted by Gasteiger charge is 2.44. The number of likely N-dealkylation sites (tertiary alicyclic amines) is 1. The largest absolute Gasteiger partial charge is 0.494 e. The van der Waals surface area contributed by atoms with Gasteiger partial charge < -0.3 is 54.8 Å². The van der Waals surface area contributed by atoms with Gasteiger partial charge in [0, 0.05) is 69.2 Å². The van der Waals surface area contributed by atoms with E-state index in [1.54, 1.807) is 60.9 Å². The second-order valence-electron chi connectivity index (χ2n) is 21.8. The Labute approximate surface area is 489 Å². The van der Waals surface area contributed by atoms with Gasteiger partial charge in [0.25, 0.3) is 5.91 Å². The first kappa shape index (κ1) is 63.3. The number of anilines is 1. The fraction of sp³-hybridized carbons (Fsp3) is 0.492. The maximum absolute atomic E-state index is 15.0. The van der Waals surface area contributed by atoms with Crippen molar-refractivity contribution in [3.8, 4) is 27.7 Å². The van der Waals surface area contributed by atoms with Crippen LogP contribution in [0.5, 0.6) is 5.75 Å². The molecule has 4 amide bonds. The van der Waals surface area contributed by atoms with Crippen LogP contribution in [-0.2, 0) is 48.7 Å². The van der Waals surface area contributed by atoms with Gasteiger partial charge in [0.05, 0.1) is 67.8 Å². The number of unbranched alkanes of at least 4 members (excludes halogenated alkanes) is 5. The Kier molecular flexibility index (Phi) is 24.4. The standard InChI is InChI=1S/C61H80FN11O9S/c1-41(68-58(76)45-15-14-16-46(33-45)64-37-53-70-71-57(72(53)6)51-24-25-63-39-66-51)49-35-48(22-23-50(49)62)82-28-13-8-7-11-26-79-29-31-81-32-30-80-27-12-9-10-17-54(75)69-56(61(3,4)5)60(78)73-38-47(74)34-52(73)59(77)65-36-43-18-20-44(21-19-43)55-42(2)67-40-83-55/h14-16,18-25,33,35,39-41,47,52,56,64,74H,7-13,17,26-32,34,36-38H2,1-6H3,(H,65,77)(H,68,76)(H,69,75)/t41-,47-,52+,56-/m1/s1. The third-order valence-electron chi connectivity index (χ3n) is 14.2. The van der Waals surface area contributed by atoms with Crippen molar-refractivity contribution in [1.82, 2.24) is 50.6 Å². The van der Waals surface area contributed by atoms with Crippen LogP contribution in [0, 0.1) is 18.2 Å². The van der Waals surface area contributed by atoms with E-state index in [2.05, 4.69) is 46.4 Å². The average Bonchev–Trinajstić information content (AvgIpc) is 4.28. The van der Waals surface area contributed by atoms with Crippen molar-refractivity contribution in [2.45, 2.75) is 130 Å². The second kappa shape index (κ2) is 32.0. The summed E-state index contributed by atoms with van der Waals surface area (Å²) < 4.78 is 39.9. The molecule has 0 bridgehead atoms. The van der Waals surface area contributed by atoms with Gasteiger partial charge in [-0.2, -0.15) is 0 Å². The summed E-state index contributed by atoms with van der Waals surface area (Å²) in [7, 11) is 1.86. The maximum Gasteiger partial charge on any atom is 0.251 e. The van der Waals surface area contributed by atoms with E-state index in [4.69, 9.17) is 18.9 Å². The number of hydrogen-bond acceptors (Lipinski definition) is 16. The molecular formula is C61H80FN11O9S. The fourth-order valence-corrected chi connectivity index (χ4v) is 10.3. The molecule has 0 aliphatic carbocycles. The molecule has 0 saturated carbocycles. The molecule has 1 fully saturated rings. The molecule has 3 aromatic heterocycles. The number of ether oxygens (including phenoxy) is 4. The van der Waals surface area contributed by atoms with Gasteiger partial charge in [-0.25, -0.2) is 19.3 Å². The molecule has 1 aliphatic rings. The zero-order valence-electron chi connectivity index (χ0n) is 48.5. The molecule has 3 aromatic carbocycles. The lowest BCUT2D eigenvalue weighted by Crippen LogP contribution is -2.57. The predicted molar refractivity (Wildman–Crippen MR) is 315 cm³/mol. The van der Waals surface area contributed by atoms with Gasteiger partial charge in [-0.05, 0) is 105 Å². The summed E-state index contributed by atoms with van der Waals surface area (Å²) in [6.07, 6.45) is 8.43. The van der Waals surface area contributed by atoms with E-state index in [1.807, 2.05) is 75.2 Å². The van der Waals surface area contributed by atoms with E-state index in [-0.39, 0.29) is 49.6 Å². The van der Waals surface area contributed by atoms with Crippen molar-refractivity contribution in [2.75, 3.05) is 58.1 Å². The monoisotopic (exact) mass is 1160 g/mol. The number of aryl methyl sites for hydroxylation is 1. The van der Waals surface area contributed by atoms with Crippen molar-refractivity contribution in [3.63, 3.8) is 0 Å². The Bertz CT molecular complexity index is 3010. The van der Waals surface area contributed by atoms with E-state index >= 15 is 4.39 Å². The van der Waals surface area contributed by atoms with E-state index in [1.165, 1.54) is 17.3 Å². The van der Waals surface area contributed by atoms with Gasteiger partial charge in [-0.15, -0.1) is 21.5 Å². The summed E-state index contributed by atoms with van der Waals surface area (Å²) in [6.45, 7) is 13.5. The number of rotatable bonds is 33. The quantitative estimate of drug-likeness (QED) is 0.0243. The Balaban J connectivity index is 0.676. The van der Waals surface area contributed by atoms with Crippen LogP contribution < -0.4 is 26.0 Å². The summed E-state index contributed by atoms with van der Waals surface area (Å²) in [6, 6.07) is 19.0. The number of aliphatic hydroxyl groups is 1. The highest BCUT2D eigenvalue weighted by atomic mass is 32.1. The molecule has 6 aromatic rings. The van der Waals surface area contributed by atoms with Crippen LogP contribution in [-0.4, -0.2) is 134 Å². The normalized spacial score (nSPS) is 15.0. The smallest absolute Gasteiger partial charge is 0.251 e. The first-order valence-corrected chi connectivity index (χ1v) is 29.4. The number of aliphatic hydroxyl groups excluding tert-OH is 1. The second-order valence-corrected chi connectivity index (χ2v) is 22.6. The van der Waals surface area contributed by atoms with Crippen molar-refractivity contribution in [1.29, 1.82) is 0 Å². The maximum atomic E-state index is 15.0. The number of hydrogen-bond donors (Lipinski definition) is 5. The number of carbonyl (C=O) groups excluding carboxylic acids is 4. The summed E-state index contributed by atoms with van der Waals surface area (Å²) in [5.74, 6) is 0.0701. The van der Waals surface area contributed by atoms with Crippen LogP contribution in [0.1, 0.15) is 125 Å². The molecule has 20 nitrogen and oxygen atoms in total. The van der Waals surface area contributed by atoms with Crippen molar-refractivity contribution >= 4 is 40.7 Å². The summed E-state index contributed by atoms with van der Waals surface area (Å²) in [5, 5.41) is 31.2.